The molecule has 0 unspecified atom stereocenters. The highest BCUT2D eigenvalue weighted by atomic mass is 32.1. The van der Waals surface area contributed by atoms with Crippen molar-refractivity contribution in [2.24, 2.45) is 0 Å². The quantitative estimate of drug-likeness (QED) is 0.611. The van der Waals surface area contributed by atoms with Crippen molar-refractivity contribution in [2.45, 2.75) is 51.1 Å². The summed E-state index contributed by atoms with van der Waals surface area (Å²) in [5, 5.41) is 3.21. The fourth-order valence-corrected chi connectivity index (χ4v) is 4.46. The molecule has 0 saturated heterocycles. The number of aromatic nitrogens is 2. The van der Waals surface area contributed by atoms with Gasteiger partial charge in [-0.2, -0.15) is 8.75 Å². The van der Waals surface area contributed by atoms with Gasteiger partial charge < -0.3 is 5.32 Å². The largest absolute Gasteiger partial charge is 0.351 e. The Morgan fingerprint density at radius 1 is 1.03 bits per heavy atom. The number of hydrogen-bond acceptors (Lipinski definition) is 5. The fourth-order valence-electron chi connectivity index (χ4n) is 4.05. The molecule has 6 nitrogen and oxygen atoms in total. The van der Waals surface area contributed by atoms with Crippen LogP contribution >= 0.6 is 11.7 Å². The van der Waals surface area contributed by atoms with Gasteiger partial charge in [-0.05, 0) is 37.5 Å². The van der Waals surface area contributed by atoms with Gasteiger partial charge in [0.15, 0.2) is 5.69 Å². The van der Waals surface area contributed by atoms with Gasteiger partial charge in [0.05, 0.1) is 17.9 Å². The maximum atomic E-state index is 13.6. The van der Waals surface area contributed by atoms with Gasteiger partial charge in [-0.25, -0.2) is 0 Å². The molecule has 1 heterocycles. The molecule has 7 heteroatoms. The van der Waals surface area contributed by atoms with Gasteiger partial charge in [-0.15, -0.1) is 0 Å². The minimum atomic E-state index is -0.806. The molecule has 0 bridgehead atoms. The van der Waals surface area contributed by atoms with Gasteiger partial charge in [0, 0.05) is 11.7 Å². The number of nitrogens with one attached hydrogen (secondary N) is 1. The summed E-state index contributed by atoms with van der Waals surface area (Å²) in [4.78, 5) is 28.7. The van der Waals surface area contributed by atoms with Crippen molar-refractivity contribution in [3.05, 3.63) is 77.6 Å². The van der Waals surface area contributed by atoms with E-state index in [4.69, 9.17) is 0 Å². The lowest BCUT2D eigenvalue weighted by Crippen LogP contribution is -2.47. The van der Waals surface area contributed by atoms with E-state index in [1.54, 1.807) is 4.90 Å². The maximum absolute atomic E-state index is 13.6. The van der Waals surface area contributed by atoms with Crippen molar-refractivity contribution < 1.29 is 9.59 Å². The van der Waals surface area contributed by atoms with Crippen LogP contribution in [-0.4, -0.2) is 26.6 Å². The lowest BCUT2D eigenvalue weighted by Gasteiger charge is -2.33. The second kappa shape index (κ2) is 9.83. The number of amides is 2. The highest BCUT2D eigenvalue weighted by Crippen LogP contribution is 2.30. The van der Waals surface area contributed by atoms with Crippen LogP contribution in [0.3, 0.4) is 0 Å². The van der Waals surface area contributed by atoms with E-state index in [0.29, 0.717) is 5.69 Å². The Hall–Kier alpha value is -3.06. The van der Waals surface area contributed by atoms with E-state index < -0.39 is 6.04 Å². The topological polar surface area (TPSA) is 75.2 Å². The number of anilines is 1. The molecule has 1 aliphatic carbocycles. The summed E-state index contributed by atoms with van der Waals surface area (Å²) in [5.74, 6) is -0.513. The highest BCUT2D eigenvalue weighted by Gasteiger charge is 2.35. The molecular weight excluding hydrogens is 408 g/mol. The molecule has 1 fully saturated rings. The number of benzene rings is 2. The molecular formula is C24H26N4O2S. The molecule has 0 spiro atoms. The monoisotopic (exact) mass is 434 g/mol. The first-order valence-electron chi connectivity index (χ1n) is 10.7. The lowest BCUT2D eigenvalue weighted by atomic mass is 9.94. The average Bonchev–Trinajstić information content (AvgIpc) is 3.34. The van der Waals surface area contributed by atoms with E-state index >= 15 is 0 Å². The molecule has 3 aromatic rings. The second-order valence-electron chi connectivity index (χ2n) is 7.96. The number of hydrogen-bond donors (Lipinski definition) is 1. The zero-order chi connectivity index (χ0) is 21.6. The molecule has 1 N–H and O–H groups in total. The molecule has 2 amide bonds. The standard InChI is InChI=1S/C24H26N4O2S/c1-17-12-14-20(15-13-17)28(24(30)21-16-25-31-27-21)22(18-8-4-2-5-9-18)23(29)26-19-10-6-3-7-11-19/h2,4-5,8-9,12-16,19,22H,3,6-7,10-11H2,1H3,(H,26,29)/t22-/m1/s1. The molecule has 160 valence electrons. The lowest BCUT2D eigenvalue weighted by molar-refractivity contribution is -0.123. The average molecular weight is 435 g/mol. The molecule has 1 atom stereocenters. The van der Waals surface area contributed by atoms with Crippen LogP contribution in [0.2, 0.25) is 0 Å². The maximum Gasteiger partial charge on any atom is 0.280 e. The predicted molar refractivity (Wildman–Crippen MR) is 122 cm³/mol. The van der Waals surface area contributed by atoms with Gasteiger partial charge in [0.2, 0.25) is 5.91 Å². The van der Waals surface area contributed by atoms with E-state index in [1.165, 1.54) is 12.6 Å². The third-order valence-electron chi connectivity index (χ3n) is 5.68. The van der Waals surface area contributed by atoms with E-state index in [2.05, 4.69) is 14.1 Å². The van der Waals surface area contributed by atoms with Crippen molar-refractivity contribution in [1.29, 1.82) is 0 Å². The summed E-state index contributed by atoms with van der Waals surface area (Å²) in [5.41, 5.74) is 2.72. The molecule has 4 rings (SSSR count). The Morgan fingerprint density at radius 2 is 1.74 bits per heavy atom. The van der Waals surface area contributed by atoms with Gasteiger partial charge >= 0.3 is 0 Å². The number of aryl methyl sites for hydroxylation is 1. The first-order chi connectivity index (χ1) is 15.1. The van der Waals surface area contributed by atoms with Crippen LogP contribution in [0.4, 0.5) is 5.69 Å². The number of carbonyl (C=O) groups is 2. The molecule has 31 heavy (non-hydrogen) atoms. The van der Waals surface area contributed by atoms with Crippen LogP contribution in [0.15, 0.2) is 60.8 Å². The molecule has 2 aromatic carbocycles. The number of carbonyl (C=O) groups excluding carboxylic acids is 2. The summed E-state index contributed by atoms with van der Waals surface area (Å²) in [6, 6.07) is 16.4. The Bertz CT molecular complexity index is 1000. The SMILES string of the molecule is Cc1ccc(N(C(=O)c2cnsn2)[C@@H](C(=O)NC2CCCCC2)c2ccccc2)cc1. The van der Waals surface area contributed by atoms with Crippen LogP contribution in [-0.2, 0) is 4.79 Å². The smallest absolute Gasteiger partial charge is 0.280 e. The molecule has 1 saturated carbocycles. The summed E-state index contributed by atoms with van der Waals surface area (Å²) < 4.78 is 8.13. The molecule has 1 aromatic heterocycles. The van der Waals surface area contributed by atoms with Gasteiger partial charge in [0.25, 0.3) is 5.91 Å². The minimum absolute atomic E-state index is 0.142. The zero-order valence-corrected chi connectivity index (χ0v) is 18.3. The van der Waals surface area contributed by atoms with Crippen molar-refractivity contribution in [2.75, 3.05) is 4.90 Å². The second-order valence-corrected chi connectivity index (χ2v) is 8.52. The van der Waals surface area contributed by atoms with E-state index in [-0.39, 0.29) is 23.6 Å². The minimum Gasteiger partial charge on any atom is -0.351 e. The summed E-state index contributed by atoms with van der Waals surface area (Å²) >= 11 is 0.979. The van der Waals surface area contributed by atoms with E-state index in [1.807, 2.05) is 61.5 Å². The number of rotatable bonds is 6. The van der Waals surface area contributed by atoms with Gasteiger partial charge in [-0.1, -0.05) is 67.3 Å². The Labute approximate surface area is 186 Å². The first-order valence-corrected chi connectivity index (χ1v) is 11.4. The predicted octanol–water partition coefficient (Wildman–Crippen LogP) is 4.68. The fraction of sp³-hybridized carbons (Fsp3) is 0.333. The van der Waals surface area contributed by atoms with Crippen molar-refractivity contribution in [3.63, 3.8) is 0 Å². The molecule has 0 aliphatic heterocycles. The van der Waals surface area contributed by atoms with E-state index in [0.717, 1.165) is 48.5 Å². The Kier molecular flexibility index (Phi) is 6.72. The normalized spacial score (nSPS) is 15.3. The number of nitrogens with zero attached hydrogens (tertiary/aromatic N) is 3. The Morgan fingerprint density at radius 3 is 2.39 bits per heavy atom. The zero-order valence-electron chi connectivity index (χ0n) is 17.5. The van der Waals surface area contributed by atoms with Gasteiger partial charge in [-0.3, -0.25) is 14.5 Å². The summed E-state index contributed by atoms with van der Waals surface area (Å²) in [7, 11) is 0. The third kappa shape index (κ3) is 4.99. The molecule has 1 aliphatic rings. The van der Waals surface area contributed by atoms with Crippen LogP contribution in [0.1, 0.15) is 59.8 Å². The Balaban J connectivity index is 1.76. The van der Waals surface area contributed by atoms with Crippen LogP contribution in [0.25, 0.3) is 0 Å². The van der Waals surface area contributed by atoms with Crippen molar-refractivity contribution in [1.82, 2.24) is 14.1 Å². The highest BCUT2D eigenvalue weighted by molar-refractivity contribution is 6.99. The van der Waals surface area contributed by atoms with Crippen LogP contribution < -0.4 is 10.2 Å². The van der Waals surface area contributed by atoms with Crippen LogP contribution in [0.5, 0.6) is 0 Å². The summed E-state index contributed by atoms with van der Waals surface area (Å²) in [6.45, 7) is 1.99. The third-order valence-corrected chi connectivity index (χ3v) is 6.16. The molecule has 0 radical (unpaired) electrons. The first kappa shape index (κ1) is 21.2. The van der Waals surface area contributed by atoms with Gasteiger partial charge in [0.1, 0.15) is 6.04 Å². The summed E-state index contributed by atoms with van der Waals surface area (Å²) in [6.07, 6.45) is 6.84. The van der Waals surface area contributed by atoms with Crippen molar-refractivity contribution >= 4 is 29.2 Å². The van der Waals surface area contributed by atoms with Crippen LogP contribution in [0, 0.1) is 6.92 Å². The van der Waals surface area contributed by atoms with Crippen molar-refractivity contribution in [3.8, 4) is 0 Å². The van der Waals surface area contributed by atoms with E-state index in [9.17, 15) is 9.59 Å².